The van der Waals surface area contributed by atoms with Crippen LogP contribution in [0, 0.1) is 0 Å². The van der Waals surface area contributed by atoms with Crippen LogP contribution >= 0.6 is 11.8 Å². The Hall–Kier alpha value is -1.30. The van der Waals surface area contributed by atoms with E-state index in [2.05, 4.69) is 70.0 Å². The zero-order chi connectivity index (χ0) is 16.9. The Balaban J connectivity index is 1.73. The van der Waals surface area contributed by atoms with Crippen LogP contribution in [0.3, 0.4) is 0 Å². The Morgan fingerprint density at radius 2 is 1.83 bits per heavy atom. The summed E-state index contributed by atoms with van der Waals surface area (Å²) < 4.78 is 2.32. The number of hydrogen-bond acceptors (Lipinski definition) is 4. The van der Waals surface area contributed by atoms with Gasteiger partial charge in [-0.15, -0.1) is 11.8 Å². The lowest BCUT2D eigenvalue weighted by molar-refractivity contribution is 0.100. The molecule has 1 aliphatic heterocycles. The van der Waals surface area contributed by atoms with Gasteiger partial charge in [-0.05, 0) is 31.9 Å². The topological polar surface area (TPSA) is 24.3 Å². The van der Waals surface area contributed by atoms with Gasteiger partial charge >= 0.3 is 0 Å². The standard InChI is InChI=1S/C19H28N4S/c1-4-17(22-13-11-21(2)12-14-22)15-23-10-9-20-19(23)16-5-7-18(24-3)8-6-16/h5-10,17H,4,11-15H2,1-3H3/t17-/m0/s1. The van der Waals surface area contributed by atoms with E-state index >= 15 is 0 Å². The molecule has 0 radical (unpaired) electrons. The van der Waals surface area contributed by atoms with Gasteiger partial charge < -0.3 is 9.47 Å². The van der Waals surface area contributed by atoms with Crippen molar-refractivity contribution < 1.29 is 0 Å². The van der Waals surface area contributed by atoms with Crippen LogP contribution in [-0.2, 0) is 6.54 Å². The molecule has 130 valence electrons. The van der Waals surface area contributed by atoms with Crippen molar-refractivity contribution in [3.63, 3.8) is 0 Å². The fourth-order valence-electron chi connectivity index (χ4n) is 3.37. The van der Waals surface area contributed by atoms with Crippen molar-refractivity contribution in [1.82, 2.24) is 19.4 Å². The van der Waals surface area contributed by atoms with Crippen LogP contribution in [0.15, 0.2) is 41.6 Å². The van der Waals surface area contributed by atoms with Crippen LogP contribution < -0.4 is 0 Å². The zero-order valence-corrected chi connectivity index (χ0v) is 15.8. The lowest BCUT2D eigenvalue weighted by Crippen LogP contribution is -2.50. The van der Waals surface area contributed by atoms with Crippen molar-refractivity contribution in [2.45, 2.75) is 30.8 Å². The number of imidazole rings is 1. The molecule has 0 saturated carbocycles. The van der Waals surface area contributed by atoms with Crippen molar-refractivity contribution in [1.29, 1.82) is 0 Å². The molecule has 2 aromatic rings. The third-order valence-electron chi connectivity index (χ3n) is 5.00. The van der Waals surface area contributed by atoms with Crippen molar-refractivity contribution in [2.24, 2.45) is 0 Å². The van der Waals surface area contributed by atoms with Crippen LogP contribution in [0.4, 0.5) is 0 Å². The average Bonchev–Trinajstić information content (AvgIpc) is 3.09. The molecular formula is C19H28N4S. The molecule has 1 aromatic carbocycles. The monoisotopic (exact) mass is 344 g/mol. The van der Waals surface area contributed by atoms with Gasteiger partial charge in [-0.25, -0.2) is 4.98 Å². The highest BCUT2D eigenvalue weighted by Crippen LogP contribution is 2.23. The molecule has 0 N–H and O–H groups in total. The molecule has 1 atom stereocenters. The van der Waals surface area contributed by atoms with Gasteiger partial charge in [0.05, 0.1) is 0 Å². The highest BCUT2D eigenvalue weighted by Gasteiger charge is 2.22. The maximum absolute atomic E-state index is 4.62. The minimum Gasteiger partial charge on any atom is -0.329 e. The van der Waals surface area contributed by atoms with Crippen molar-refractivity contribution in [3.05, 3.63) is 36.7 Å². The van der Waals surface area contributed by atoms with E-state index in [1.54, 1.807) is 11.8 Å². The molecule has 1 aromatic heterocycles. The van der Waals surface area contributed by atoms with Gasteiger partial charge in [-0.2, -0.15) is 0 Å². The average molecular weight is 345 g/mol. The Morgan fingerprint density at radius 1 is 1.12 bits per heavy atom. The number of benzene rings is 1. The van der Waals surface area contributed by atoms with E-state index in [0.29, 0.717) is 6.04 Å². The van der Waals surface area contributed by atoms with E-state index < -0.39 is 0 Å². The normalized spacial score (nSPS) is 18.0. The maximum Gasteiger partial charge on any atom is 0.139 e. The number of likely N-dealkylation sites (N-methyl/N-ethyl adjacent to an activating group) is 1. The van der Waals surface area contributed by atoms with E-state index in [1.807, 2.05) is 6.20 Å². The highest BCUT2D eigenvalue weighted by atomic mass is 32.2. The van der Waals surface area contributed by atoms with Gasteiger partial charge in [0.2, 0.25) is 0 Å². The number of nitrogens with zero attached hydrogens (tertiary/aromatic N) is 4. The summed E-state index contributed by atoms with van der Waals surface area (Å²) in [5, 5.41) is 0. The quantitative estimate of drug-likeness (QED) is 0.751. The smallest absolute Gasteiger partial charge is 0.139 e. The lowest BCUT2D eigenvalue weighted by atomic mass is 10.1. The van der Waals surface area contributed by atoms with Gasteiger partial charge in [0.15, 0.2) is 0 Å². The third-order valence-corrected chi connectivity index (χ3v) is 5.74. The van der Waals surface area contributed by atoms with Crippen LogP contribution in [0.25, 0.3) is 11.4 Å². The second-order valence-electron chi connectivity index (χ2n) is 6.53. The van der Waals surface area contributed by atoms with Crippen molar-refractivity contribution in [3.8, 4) is 11.4 Å². The van der Waals surface area contributed by atoms with Gasteiger partial charge in [0.1, 0.15) is 5.82 Å². The van der Waals surface area contributed by atoms with E-state index in [4.69, 9.17) is 0 Å². The lowest BCUT2D eigenvalue weighted by Gasteiger charge is -2.38. The molecule has 1 aliphatic rings. The first-order valence-electron chi connectivity index (χ1n) is 8.79. The summed E-state index contributed by atoms with van der Waals surface area (Å²) in [6.07, 6.45) is 7.33. The molecule has 0 bridgehead atoms. The fraction of sp³-hybridized carbons (Fsp3) is 0.526. The molecule has 0 spiro atoms. The third kappa shape index (κ3) is 4.02. The van der Waals surface area contributed by atoms with Gasteiger partial charge in [-0.1, -0.05) is 19.1 Å². The summed E-state index contributed by atoms with van der Waals surface area (Å²) in [5.74, 6) is 1.08. The second-order valence-corrected chi connectivity index (χ2v) is 7.41. The van der Waals surface area contributed by atoms with Crippen LogP contribution in [0.2, 0.25) is 0 Å². The van der Waals surface area contributed by atoms with E-state index in [0.717, 1.165) is 12.4 Å². The van der Waals surface area contributed by atoms with E-state index in [1.165, 1.54) is 43.1 Å². The van der Waals surface area contributed by atoms with Crippen molar-refractivity contribution >= 4 is 11.8 Å². The van der Waals surface area contributed by atoms with Crippen LogP contribution in [0.1, 0.15) is 13.3 Å². The summed E-state index contributed by atoms with van der Waals surface area (Å²) in [4.78, 5) is 11.0. The first kappa shape index (κ1) is 17.5. The first-order chi connectivity index (χ1) is 11.7. The first-order valence-corrected chi connectivity index (χ1v) is 10.0. The maximum atomic E-state index is 4.62. The Kier molecular flexibility index (Phi) is 5.98. The fourth-order valence-corrected chi connectivity index (χ4v) is 3.78. The predicted octanol–water partition coefficient (Wildman–Crippen LogP) is 3.30. The minimum absolute atomic E-state index is 0.581. The zero-order valence-electron chi connectivity index (χ0n) is 15.0. The van der Waals surface area contributed by atoms with Gasteiger partial charge in [0.25, 0.3) is 0 Å². The Morgan fingerprint density at radius 3 is 2.46 bits per heavy atom. The van der Waals surface area contributed by atoms with E-state index in [9.17, 15) is 0 Å². The molecule has 24 heavy (non-hydrogen) atoms. The molecule has 1 fully saturated rings. The molecule has 5 heteroatoms. The molecule has 1 saturated heterocycles. The summed E-state index contributed by atoms with van der Waals surface area (Å²) in [6, 6.07) is 9.30. The van der Waals surface area contributed by atoms with Crippen LogP contribution in [0.5, 0.6) is 0 Å². The number of hydrogen-bond donors (Lipinski definition) is 0. The predicted molar refractivity (Wildman–Crippen MR) is 103 cm³/mol. The van der Waals surface area contributed by atoms with Crippen LogP contribution in [-0.4, -0.2) is 64.9 Å². The molecule has 4 nitrogen and oxygen atoms in total. The molecule has 2 heterocycles. The molecule has 0 unspecified atom stereocenters. The summed E-state index contributed by atoms with van der Waals surface area (Å²) in [7, 11) is 2.21. The van der Waals surface area contributed by atoms with Gasteiger partial charge in [-0.3, -0.25) is 4.90 Å². The summed E-state index contributed by atoms with van der Waals surface area (Å²) in [5.41, 5.74) is 1.20. The second kappa shape index (κ2) is 8.19. The highest BCUT2D eigenvalue weighted by molar-refractivity contribution is 7.98. The molecular weight excluding hydrogens is 316 g/mol. The Bertz CT molecular complexity index is 629. The van der Waals surface area contributed by atoms with Crippen molar-refractivity contribution in [2.75, 3.05) is 39.5 Å². The molecule has 0 amide bonds. The number of aromatic nitrogens is 2. The summed E-state index contributed by atoms with van der Waals surface area (Å²) >= 11 is 1.77. The minimum atomic E-state index is 0.581. The summed E-state index contributed by atoms with van der Waals surface area (Å²) in [6.45, 7) is 7.99. The largest absolute Gasteiger partial charge is 0.329 e. The SMILES string of the molecule is CC[C@@H](Cn1ccnc1-c1ccc(SC)cc1)N1CCN(C)CC1. The Labute approximate surface area is 149 Å². The van der Waals surface area contributed by atoms with E-state index in [-0.39, 0.29) is 0 Å². The molecule has 0 aliphatic carbocycles. The number of piperazine rings is 1. The van der Waals surface area contributed by atoms with Gasteiger partial charge in [0, 0.05) is 61.6 Å². The number of rotatable bonds is 6. The molecule has 3 rings (SSSR count). The number of thioether (sulfide) groups is 1.